The highest BCUT2D eigenvalue weighted by atomic mass is 35.5. The SMILES string of the molecule is Cn1ccc2cc(-c3cc4nc(Oc5ccc(CCc6cn(CCOCCOCCOCCOCCN7CCC(Nc8cccc9c8cc(-c8ccc(CNc%10ccc(S(C)=O)cc%10)[nH]8)n9CC(F)(F)F)CC7)nn6)c(C(=O)O)c5)[nH]c4cc3Cl)ccc21. The van der Waals surface area contributed by atoms with E-state index in [1.165, 1.54) is 10.6 Å². The molecule has 5 aromatic carbocycles. The number of halogens is 4. The molecule has 1 unspecified atom stereocenters. The molecule has 5 N–H and O–H groups in total. The number of anilines is 2. The summed E-state index contributed by atoms with van der Waals surface area (Å²) in [4.78, 5) is 26.6. The largest absolute Gasteiger partial charge is 0.478 e. The number of nitrogens with zero attached hydrogens (tertiary/aromatic N) is 7. The number of carbonyl (C=O) groups is 1. The fourth-order valence-corrected chi connectivity index (χ4v) is 11.8. The van der Waals surface area contributed by atoms with Gasteiger partial charge in [-0.15, -0.1) is 5.10 Å². The number of H-pyrrole nitrogens is 2. The van der Waals surface area contributed by atoms with E-state index in [-0.39, 0.29) is 17.6 Å². The van der Waals surface area contributed by atoms with Crippen LogP contribution in [0.25, 0.3) is 55.4 Å². The maximum Gasteiger partial charge on any atom is 0.406 e. The van der Waals surface area contributed by atoms with Gasteiger partial charge in [0.2, 0.25) is 0 Å². The van der Waals surface area contributed by atoms with Gasteiger partial charge in [-0.1, -0.05) is 35.0 Å². The maximum absolute atomic E-state index is 14.0. The molecule has 462 valence electrons. The normalized spacial score (nSPS) is 13.8. The lowest BCUT2D eigenvalue weighted by Crippen LogP contribution is -2.40. The Morgan fingerprint density at radius 2 is 1.57 bits per heavy atom. The predicted octanol–water partition coefficient (Wildman–Crippen LogP) is 11.7. The molecule has 24 heteroatoms. The zero-order chi connectivity index (χ0) is 61.2. The molecule has 1 saturated heterocycles. The third-order valence-electron chi connectivity index (χ3n) is 15.6. The summed E-state index contributed by atoms with van der Waals surface area (Å²) >= 11 is 6.74. The van der Waals surface area contributed by atoms with Crippen LogP contribution in [0.1, 0.15) is 40.2 Å². The molecule has 1 atom stereocenters. The zero-order valence-corrected chi connectivity index (χ0v) is 50.4. The number of aromatic amines is 2. The summed E-state index contributed by atoms with van der Waals surface area (Å²) in [5, 5.41) is 28.0. The highest BCUT2D eigenvalue weighted by molar-refractivity contribution is 7.84. The van der Waals surface area contributed by atoms with E-state index in [4.69, 9.17) is 35.3 Å². The second-order valence-electron chi connectivity index (χ2n) is 21.7. The molecule has 5 aromatic heterocycles. The van der Waals surface area contributed by atoms with E-state index in [0.29, 0.717) is 123 Å². The van der Waals surface area contributed by atoms with Gasteiger partial charge in [-0.2, -0.15) is 18.2 Å². The smallest absolute Gasteiger partial charge is 0.406 e. The number of hydrogen-bond acceptors (Lipinski definition) is 13. The summed E-state index contributed by atoms with van der Waals surface area (Å²) in [7, 11) is 0.928. The average Bonchev–Trinajstić information content (AvgIpc) is 1.75. The van der Waals surface area contributed by atoms with Crippen LogP contribution in [-0.4, -0.2) is 150 Å². The number of ether oxygens (including phenoxy) is 5. The number of aryl methyl sites for hydroxylation is 3. The van der Waals surface area contributed by atoms with Crippen LogP contribution in [0.3, 0.4) is 0 Å². The molecule has 1 aliphatic heterocycles. The van der Waals surface area contributed by atoms with Crippen molar-refractivity contribution in [1.29, 1.82) is 0 Å². The lowest BCUT2D eigenvalue weighted by atomic mass is 10.0. The van der Waals surface area contributed by atoms with E-state index in [1.807, 2.05) is 74.0 Å². The highest BCUT2D eigenvalue weighted by Gasteiger charge is 2.31. The van der Waals surface area contributed by atoms with Gasteiger partial charge >= 0.3 is 12.1 Å². The van der Waals surface area contributed by atoms with E-state index in [2.05, 4.69) is 63.6 Å². The van der Waals surface area contributed by atoms with Gasteiger partial charge in [-0.25, -0.2) is 9.48 Å². The predicted molar refractivity (Wildman–Crippen MR) is 334 cm³/mol. The summed E-state index contributed by atoms with van der Waals surface area (Å²) in [5.41, 5.74) is 9.75. The monoisotopic (exact) mass is 1240 g/mol. The second kappa shape index (κ2) is 28.4. The first-order chi connectivity index (χ1) is 42.7. The molecule has 19 nitrogen and oxygen atoms in total. The van der Waals surface area contributed by atoms with Crippen molar-refractivity contribution in [3.8, 4) is 34.3 Å². The number of alkyl halides is 3. The lowest BCUT2D eigenvalue weighted by molar-refractivity contribution is -0.139. The third-order valence-corrected chi connectivity index (χ3v) is 16.8. The molecular formula is C64H69ClF3N11O8S. The minimum Gasteiger partial charge on any atom is -0.478 e. The number of piperidine rings is 1. The number of aromatic nitrogens is 8. The van der Waals surface area contributed by atoms with Crippen molar-refractivity contribution < 1.29 is 51.0 Å². The van der Waals surface area contributed by atoms with Crippen molar-refractivity contribution >= 4 is 72.6 Å². The van der Waals surface area contributed by atoms with Gasteiger partial charge < -0.3 is 63.4 Å². The molecule has 1 fully saturated rings. The molecule has 88 heavy (non-hydrogen) atoms. The second-order valence-corrected chi connectivity index (χ2v) is 23.5. The first kappa shape index (κ1) is 61.6. The van der Waals surface area contributed by atoms with Crippen LogP contribution in [0, 0.1) is 0 Å². The van der Waals surface area contributed by atoms with Gasteiger partial charge in [0.1, 0.15) is 12.3 Å². The van der Waals surface area contributed by atoms with Crippen molar-refractivity contribution in [3.63, 3.8) is 0 Å². The Morgan fingerprint density at radius 1 is 0.818 bits per heavy atom. The number of nitrogens with one attached hydrogen (secondary N) is 4. The Morgan fingerprint density at radius 3 is 2.31 bits per heavy atom. The highest BCUT2D eigenvalue weighted by Crippen LogP contribution is 2.37. The van der Waals surface area contributed by atoms with Crippen LogP contribution in [0.2, 0.25) is 5.02 Å². The Balaban J connectivity index is 0.532. The molecule has 0 radical (unpaired) electrons. The summed E-state index contributed by atoms with van der Waals surface area (Å²) in [5.74, 6) is -0.749. The Hall–Kier alpha value is -8.03. The molecule has 11 rings (SSSR count). The summed E-state index contributed by atoms with van der Waals surface area (Å²) < 4.78 is 88.0. The Kier molecular flexibility index (Phi) is 19.9. The van der Waals surface area contributed by atoms with Gasteiger partial charge in [0, 0.05) is 106 Å². The molecule has 0 aliphatic carbocycles. The minimum absolute atomic E-state index is 0.120. The number of fused-ring (bicyclic) bond motifs is 3. The van der Waals surface area contributed by atoms with E-state index in [1.54, 1.807) is 47.3 Å². The number of hydrogen-bond donors (Lipinski definition) is 5. The standard InChI is InChI=1S/C64H69ClF3N11O8S/c1-76-21-18-44-34-43(8-17-59(44)76)51-36-57-58(38-54(51)65)73-63(72-57)87-49-13-7-42(52(35-49)62(80)81)6-9-48-40-78(75-74-48)25-27-84-29-31-86-33-32-85-30-28-83-26-24-77-22-19-46(20-23-77)70-55-4-3-5-60-53(55)37-61(79(60)41-64(66,67)68)56-16-12-47(71-56)39-69-45-10-14-50(15-11-45)88(2)82/h3-5,7-8,10-18,21,34-38,40,46,69-71H,6,9,19-20,22-33,39,41H2,1-2H3,(H,72,73)(H,80,81). The quantitative estimate of drug-likeness (QED) is 0.0265. The van der Waals surface area contributed by atoms with Crippen molar-refractivity contribution in [2.45, 2.75) is 62.4 Å². The van der Waals surface area contributed by atoms with Crippen molar-refractivity contribution in [2.75, 3.05) is 89.4 Å². The van der Waals surface area contributed by atoms with E-state index in [0.717, 1.165) is 87.6 Å². The average molecular weight is 1240 g/mol. The number of aromatic carboxylic acids is 1. The third kappa shape index (κ3) is 15.8. The van der Waals surface area contributed by atoms with Crippen LogP contribution < -0.4 is 15.4 Å². The van der Waals surface area contributed by atoms with Crippen LogP contribution in [0.5, 0.6) is 11.8 Å². The Bertz CT molecular complexity index is 4020. The fraction of sp³-hybridized carbons (Fsp3) is 0.344. The molecule has 6 heterocycles. The van der Waals surface area contributed by atoms with Gasteiger partial charge in [-0.3, -0.25) is 4.21 Å². The Labute approximate surface area is 513 Å². The van der Waals surface area contributed by atoms with Gasteiger partial charge in [0.05, 0.1) is 110 Å². The topological polar surface area (TPSA) is 213 Å². The summed E-state index contributed by atoms with van der Waals surface area (Å²) in [6.45, 7) is 5.89. The van der Waals surface area contributed by atoms with Gasteiger partial charge in [-0.05, 0) is 134 Å². The number of benzene rings is 5. The molecule has 0 spiro atoms. The van der Waals surface area contributed by atoms with Crippen LogP contribution >= 0.6 is 11.6 Å². The van der Waals surface area contributed by atoms with Gasteiger partial charge in [0.25, 0.3) is 6.01 Å². The van der Waals surface area contributed by atoms with Crippen molar-refractivity contribution in [3.05, 3.63) is 155 Å². The zero-order valence-electron chi connectivity index (χ0n) is 48.8. The van der Waals surface area contributed by atoms with Crippen molar-refractivity contribution in [1.82, 2.24) is 44.0 Å². The first-order valence-corrected chi connectivity index (χ1v) is 31.1. The number of likely N-dealkylation sites (tertiary alicyclic amines) is 1. The summed E-state index contributed by atoms with van der Waals surface area (Å²) in [6.07, 6.45) is 3.72. The van der Waals surface area contributed by atoms with E-state index < -0.39 is 29.5 Å². The molecule has 1 aliphatic rings. The van der Waals surface area contributed by atoms with Gasteiger partial charge in [0.15, 0.2) is 0 Å². The van der Waals surface area contributed by atoms with E-state index >= 15 is 0 Å². The fourth-order valence-electron chi connectivity index (χ4n) is 11.0. The molecular weight excluding hydrogens is 1180 g/mol. The van der Waals surface area contributed by atoms with Crippen LogP contribution in [-0.2, 0) is 69.3 Å². The lowest BCUT2D eigenvalue weighted by Gasteiger charge is -2.32. The molecule has 0 saturated carbocycles. The first-order valence-electron chi connectivity index (χ1n) is 29.2. The van der Waals surface area contributed by atoms with Crippen LogP contribution in [0.15, 0.2) is 133 Å². The number of imidazole rings is 1. The minimum atomic E-state index is -4.42. The molecule has 0 amide bonds. The number of carboxylic acids is 1. The summed E-state index contributed by atoms with van der Waals surface area (Å²) in [6, 6.07) is 35.6. The van der Waals surface area contributed by atoms with Crippen molar-refractivity contribution in [2.24, 2.45) is 7.05 Å². The van der Waals surface area contributed by atoms with Crippen LogP contribution in [0.4, 0.5) is 24.5 Å². The molecule has 10 aromatic rings. The maximum atomic E-state index is 14.0. The number of carboxylic acid groups (broad SMARTS) is 1. The number of rotatable bonds is 30. The molecule has 0 bridgehead atoms. The van der Waals surface area contributed by atoms with E-state index in [9.17, 15) is 27.3 Å².